The molecule has 1 aromatic carbocycles. The van der Waals surface area contributed by atoms with Gasteiger partial charge in [0, 0.05) is 16.5 Å². The molecule has 5 nitrogen and oxygen atoms in total. The van der Waals surface area contributed by atoms with Gasteiger partial charge in [-0.05, 0) is 59.0 Å². The molecule has 136 valence electrons. The van der Waals surface area contributed by atoms with Crippen LogP contribution >= 0.6 is 11.3 Å². The van der Waals surface area contributed by atoms with Crippen molar-refractivity contribution >= 4 is 17.2 Å². The highest BCUT2D eigenvalue weighted by molar-refractivity contribution is 7.12. The van der Waals surface area contributed by atoms with Crippen LogP contribution in [0.15, 0.2) is 24.3 Å². The fourth-order valence-electron chi connectivity index (χ4n) is 2.56. The predicted molar refractivity (Wildman–Crippen MR) is 103 cm³/mol. The van der Waals surface area contributed by atoms with Gasteiger partial charge in [-0.1, -0.05) is 0 Å². The number of hydrogen-bond acceptors (Lipinski definition) is 5. The van der Waals surface area contributed by atoms with Crippen molar-refractivity contribution in [3.63, 3.8) is 0 Å². The highest BCUT2D eigenvalue weighted by Gasteiger charge is 2.13. The quantitative estimate of drug-likeness (QED) is 0.782. The summed E-state index contributed by atoms with van der Waals surface area (Å²) in [4.78, 5) is 19.8. The summed E-state index contributed by atoms with van der Waals surface area (Å²) in [5, 5.41) is 3.92. The number of nitrogens with zero attached hydrogens (tertiary/aromatic N) is 2. The summed E-state index contributed by atoms with van der Waals surface area (Å²) in [5.74, 6) is 0.910. The Labute approximate surface area is 154 Å². The lowest BCUT2D eigenvalue weighted by atomic mass is 10.1. The Kier molecular flexibility index (Phi) is 6.96. The Morgan fingerprint density at radius 2 is 2.00 bits per heavy atom. The molecule has 0 saturated carbocycles. The van der Waals surface area contributed by atoms with Crippen molar-refractivity contribution in [2.75, 3.05) is 20.2 Å². The van der Waals surface area contributed by atoms with E-state index in [-0.39, 0.29) is 11.9 Å². The van der Waals surface area contributed by atoms with Crippen LogP contribution in [0.25, 0.3) is 11.3 Å². The van der Waals surface area contributed by atoms with Crippen LogP contribution in [0.1, 0.15) is 30.7 Å². The van der Waals surface area contributed by atoms with Gasteiger partial charge in [0.05, 0.1) is 25.4 Å². The standard InChI is InChI=1S/C19H27N3O2S/c1-6-24-16-9-7-15(8-10-16)19-14(4)25-18(21-19)12-22(5)11-17(23)20-13(2)3/h7-10,13H,6,11-12H2,1-5H3,(H,20,23). The van der Waals surface area contributed by atoms with E-state index < -0.39 is 0 Å². The Bertz CT molecular complexity index is 695. The molecule has 6 heteroatoms. The third-order valence-electron chi connectivity index (χ3n) is 3.55. The number of aromatic nitrogens is 1. The lowest BCUT2D eigenvalue weighted by Gasteiger charge is -2.16. The maximum atomic E-state index is 11.9. The number of hydrogen-bond donors (Lipinski definition) is 1. The van der Waals surface area contributed by atoms with Crippen LogP contribution in [0, 0.1) is 6.92 Å². The summed E-state index contributed by atoms with van der Waals surface area (Å²) in [5.41, 5.74) is 2.09. The van der Waals surface area contributed by atoms with E-state index in [0.29, 0.717) is 19.7 Å². The number of aryl methyl sites for hydroxylation is 1. The lowest BCUT2D eigenvalue weighted by Crippen LogP contribution is -2.38. The molecule has 2 aromatic rings. The maximum Gasteiger partial charge on any atom is 0.234 e. The van der Waals surface area contributed by atoms with Crippen molar-refractivity contribution < 1.29 is 9.53 Å². The number of ether oxygens (including phenoxy) is 1. The first-order valence-electron chi connectivity index (χ1n) is 8.56. The number of nitrogens with one attached hydrogen (secondary N) is 1. The molecule has 0 radical (unpaired) electrons. The van der Waals surface area contributed by atoms with Crippen LogP contribution < -0.4 is 10.1 Å². The highest BCUT2D eigenvalue weighted by Crippen LogP contribution is 2.29. The molecule has 1 aromatic heterocycles. The Morgan fingerprint density at radius 1 is 1.32 bits per heavy atom. The molecule has 0 aliphatic carbocycles. The van der Waals surface area contributed by atoms with Gasteiger partial charge < -0.3 is 10.1 Å². The summed E-state index contributed by atoms with van der Waals surface area (Å²) < 4.78 is 5.49. The topological polar surface area (TPSA) is 54.5 Å². The zero-order valence-corrected chi connectivity index (χ0v) is 16.4. The first-order valence-corrected chi connectivity index (χ1v) is 9.38. The summed E-state index contributed by atoms with van der Waals surface area (Å²) in [6.07, 6.45) is 0. The average molecular weight is 362 g/mol. The van der Waals surface area contributed by atoms with E-state index in [1.54, 1.807) is 11.3 Å². The Morgan fingerprint density at radius 3 is 2.60 bits per heavy atom. The number of amides is 1. The first kappa shape index (κ1) is 19.4. The molecule has 25 heavy (non-hydrogen) atoms. The van der Waals surface area contributed by atoms with Crippen LogP contribution in [0.4, 0.5) is 0 Å². The first-order chi connectivity index (χ1) is 11.9. The van der Waals surface area contributed by atoms with Crippen LogP contribution in [0.5, 0.6) is 5.75 Å². The van der Waals surface area contributed by atoms with Crippen LogP contribution in [0.2, 0.25) is 0 Å². The number of carbonyl (C=O) groups is 1. The normalized spacial score (nSPS) is 11.2. The van der Waals surface area contributed by atoms with Crippen molar-refractivity contribution in [1.29, 1.82) is 0 Å². The molecule has 1 amide bonds. The van der Waals surface area contributed by atoms with E-state index in [2.05, 4.69) is 12.2 Å². The summed E-state index contributed by atoms with van der Waals surface area (Å²) in [6, 6.07) is 8.18. The maximum absolute atomic E-state index is 11.9. The van der Waals surface area contributed by atoms with Gasteiger partial charge in [-0.25, -0.2) is 4.98 Å². The van der Waals surface area contributed by atoms with Crippen LogP contribution in [-0.2, 0) is 11.3 Å². The van der Waals surface area contributed by atoms with Crippen molar-refractivity contribution in [2.24, 2.45) is 0 Å². The molecule has 0 bridgehead atoms. The second-order valence-electron chi connectivity index (χ2n) is 6.36. The van der Waals surface area contributed by atoms with Gasteiger partial charge in [0.15, 0.2) is 0 Å². The number of benzene rings is 1. The molecule has 0 atom stereocenters. The van der Waals surface area contributed by atoms with E-state index in [9.17, 15) is 4.79 Å². The SMILES string of the molecule is CCOc1ccc(-c2nc(CN(C)CC(=O)NC(C)C)sc2C)cc1. The van der Waals surface area contributed by atoms with Crippen molar-refractivity contribution in [3.05, 3.63) is 34.2 Å². The van der Waals surface area contributed by atoms with Gasteiger partial charge >= 0.3 is 0 Å². The highest BCUT2D eigenvalue weighted by atomic mass is 32.1. The zero-order chi connectivity index (χ0) is 18.4. The molecule has 0 aliphatic rings. The second kappa shape index (κ2) is 8.97. The molecule has 0 unspecified atom stereocenters. The smallest absolute Gasteiger partial charge is 0.234 e. The number of thiazole rings is 1. The molecular weight excluding hydrogens is 334 g/mol. The predicted octanol–water partition coefficient (Wildman–Crippen LogP) is 3.47. The van der Waals surface area contributed by atoms with E-state index in [4.69, 9.17) is 9.72 Å². The van der Waals surface area contributed by atoms with E-state index in [1.807, 2.05) is 57.0 Å². The minimum absolute atomic E-state index is 0.0394. The third-order valence-corrected chi connectivity index (χ3v) is 4.50. The summed E-state index contributed by atoms with van der Waals surface area (Å²) >= 11 is 1.68. The van der Waals surface area contributed by atoms with E-state index in [0.717, 1.165) is 22.0 Å². The van der Waals surface area contributed by atoms with Crippen molar-refractivity contribution in [2.45, 2.75) is 40.3 Å². The largest absolute Gasteiger partial charge is 0.494 e. The average Bonchev–Trinajstić information content (AvgIpc) is 2.87. The molecule has 0 saturated heterocycles. The minimum atomic E-state index is 0.0394. The van der Waals surface area contributed by atoms with Gasteiger partial charge in [0.2, 0.25) is 5.91 Å². The van der Waals surface area contributed by atoms with Gasteiger partial charge in [0.25, 0.3) is 0 Å². The summed E-state index contributed by atoms with van der Waals surface area (Å²) in [6.45, 7) is 9.68. The molecule has 1 heterocycles. The number of carbonyl (C=O) groups excluding carboxylic acids is 1. The van der Waals surface area contributed by atoms with Crippen LogP contribution in [0.3, 0.4) is 0 Å². The molecular formula is C19H27N3O2S. The molecule has 0 aliphatic heterocycles. The fourth-order valence-corrected chi connectivity index (χ4v) is 3.60. The number of likely N-dealkylation sites (N-methyl/N-ethyl adjacent to an activating group) is 1. The summed E-state index contributed by atoms with van der Waals surface area (Å²) in [7, 11) is 1.94. The van der Waals surface area contributed by atoms with Crippen molar-refractivity contribution in [3.8, 4) is 17.0 Å². The van der Waals surface area contributed by atoms with Crippen molar-refractivity contribution in [1.82, 2.24) is 15.2 Å². The van der Waals surface area contributed by atoms with Gasteiger partial charge in [-0.2, -0.15) is 0 Å². The van der Waals surface area contributed by atoms with Crippen LogP contribution in [-0.4, -0.2) is 42.0 Å². The van der Waals surface area contributed by atoms with E-state index in [1.165, 1.54) is 4.88 Å². The second-order valence-corrected chi connectivity index (χ2v) is 7.65. The fraction of sp³-hybridized carbons (Fsp3) is 0.474. The lowest BCUT2D eigenvalue weighted by molar-refractivity contribution is -0.122. The monoisotopic (exact) mass is 361 g/mol. The van der Waals surface area contributed by atoms with E-state index >= 15 is 0 Å². The number of rotatable bonds is 8. The molecule has 2 rings (SSSR count). The third kappa shape index (κ3) is 5.83. The molecule has 0 spiro atoms. The minimum Gasteiger partial charge on any atom is -0.494 e. The van der Waals surface area contributed by atoms with Gasteiger partial charge in [-0.15, -0.1) is 11.3 Å². The Balaban J connectivity index is 2.02. The zero-order valence-electron chi connectivity index (χ0n) is 15.6. The van der Waals surface area contributed by atoms with Gasteiger partial charge in [0.1, 0.15) is 10.8 Å². The molecule has 0 fully saturated rings. The molecule has 1 N–H and O–H groups in total. The van der Waals surface area contributed by atoms with Gasteiger partial charge in [-0.3, -0.25) is 9.69 Å². The Hall–Kier alpha value is -1.92.